The summed E-state index contributed by atoms with van der Waals surface area (Å²) in [5.74, 6) is -3.84. The summed E-state index contributed by atoms with van der Waals surface area (Å²) in [6.45, 7) is 4.75. The Balaban J connectivity index is 3.56. The van der Waals surface area contributed by atoms with E-state index in [2.05, 4.69) is 0 Å². The molecule has 0 spiro atoms. The maximum Gasteiger partial charge on any atom is 0.340 e. The summed E-state index contributed by atoms with van der Waals surface area (Å²) in [7, 11) is 0. The molecule has 0 unspecified atom stereocenters. The van der Waals surface area contributed by atoms with Crippen LogP contribution in [0.3, 0.4) is 0 Å². The highest BCUT2D eigenvalue weighted by Crippen LogP contribution is 2.22. The summed E-state index contributed by atoms with van der Waals surface area (Å²) < 4.78 is 5.08. The van der Waals surface area contributed by atoms with Crippen molar-refractivity contribution in [2.24, 2.45) is 5.73 Å². The van der Waals surface area contributed by atoms with Crippen LogP contribution in [0.1, 0.15) is 57.4 Å². The number of carbonyl (C=O) groups excluding carboxylic acids is 1. The Morgan fingerprint density at radius 1 is 1.10 bits per heavy atom. The Labute approximate surface area is 121 Å². The van der Waals surface area contributed by atoms with Crippen molar-refractivity contribution >= 4 is 17.9 Å². The lowest BCUT2D eigenvalue weighted by molar-refractivity contribution is 0.00622. The molecule has 0 saturated heterocycles. The topological polar surface area (TPSA) is 127 Å². The molecule has 0 fully saturated rings. The van der Waals surface area contributed by atoms with Crippen molar-refractivity contribution in [3.05, 3.63) is 34.4 Å². The van der Waals surface area contributed by atoms with Gasteiger partial charge in [0.25, 0.3) is 0 Å². The van der Waals surface area contributed by atoms with E-state index in [-0.39, 0.29) is 6.54 Å². The summed E-state index contributed by atoms with van der Waals surface area (Å²) in [5, 5.41) is 18.4. The molecule has 0 aromatic heterocycles. The number of carboxylic acids is 2. The van der Waals surface area contributed by atoms with Crippen LogP contribution in [0, 0.1) is 0 Å². The summed E-state index contributed by atoms with van der Waals surface area (Å²) in [6, 6.07) is 2.35. The molecule has 0 bridgehead atoms. The van der Waals surface area contributed by atoms with E-state index in [1.165, 1.54) is 12.1 Å². The lowest BCUT2D eigenvalue weighted by atomic mass is 9.97. The van der Waals surface area contributed by atoms with Crippen molar-refractivity contribution in [2.45, 2.75) is 32.9 Å². The monoisotopic (exact) mass is 295 g/mol. The average Bonchev–Trinajstić information content (AvgIpc) is 2.34. The van der Waals surface area contributed by atoms with E-state index in [9.17, 15) is 24.6 Å². The van der Waals surface area contributed by atoms with Gasteiger partial charge in [0.15, 0.2) is 0 Å². The Bertz CT molecular complexity index is 565. The van der Waals surface area contributed by atoms with Gasteiger partial charge >= 0.3 is 17.9 Å². The Morgan fingerprint density at radius 3 is 1.81 bits per heavy atom. The van der Waals surface area contributed by atoms with Gasteiger partial charge in [0.05, 0.1) is 16.7 Å². The van der Waals surface area contributed by atoms with Crippen LogP contribution in [0.15, 0.2) is 12.1 Å². The van der Waals surface area contributed by atoms with Crippen LogP contribution in [0.4, 0.5) is 0 Å². The van der Waals surface area contributed by atoms with Gasteiger partial charge in [-0.15, -0.1) is 0 Å². The van der Waals surface area contributed by atoms with Crippen LogP contribution in [0.25, 0.3) is 0 Å². The molecule has 1 rings (SSSR count). The standard InChI is InChI=1S/C14H17NO6/c1-14(2,3)21-13(20)10-8(11(16)17)4-7(6-15)5-9(10)12(18)19/h4-5H,6,15H2,1-3H3,(H,16,17)(H,18,19). The molecule has 0 aliphatic heterocycles. The number of aromatic carboxylic acids is 2. The molecule has 7 heteroatoms. The number of ether oxygens (including phenoxy) is 1. The van der Waals surface area contributed by atoms with Gasteiger partial charge in [0.2, 0.25) is 0 Å². The average molecular weight is 295 g/mol. The molecule has 0 amide bonds. The maximum atomic E-state index is 12.1. The zero-order chi connectivity index (χ0) is 16.4. The fourth-order valence-corrected chi connectivity index (χ4v) is 1.71. The van der Waals surface area contributed by atoms with Crippen LogP contribution in [0.2, 0.25) is 0 Å². The minimum Gasteiger partial charge on any atom is -0.478 e. The first-order chi connectivity index (χ1) is 9.56. The Hall–Kier alpha value is -2.41. The van der Waals surface area contributed by atoms with E-state index >= 15 is 0 Å². The number of carbonyl (C=O) groups is 3. The molecule has 114 valence electrons. The molecule has 0 aliphatic carbocycles. The van der Waals surface area contributed by atoms with E-state index < -0.39 is 40.2 Å². The summed E-state index contributed by atoms with van der Waals surface area (Å²) in [6.07, 6.45) is 0. The molecule has 21 heavy (non-hydrogen) atoms. The van der Waals surface area contributed by atoms with E-state index in [1.807, 2.05) is 0 Å². The van der Waals surface area contributed by atoms with Crippen LogP contribution < -0.4 is 5.73 Å². The molecule has 0 radical (unpaired) electrons. The number of benzene rings is 1. The zero-order valence-corrected chi connectivity index (χ0v) is 12.0. The van der Waals surface area contributed by atoms with Gasteiger partial charge in [0, 0.05) is 6.54 Å². The fraction of sp³-hybridized carbons (Fsp3) is 0.357. The molecular weight excluding hydrogens is 278 g/mol. The Morgan fingerprint density at radius 2 is 1.52 bits per heavy atom. The number of esters is 1. The van der Waals surface area contributed by atoms with Crippen LogP contribution in [-0.4, -0.2) is 33.7 Å². The van der Waals surface area contributed by atoms with Crippen molar-refractivity contribution in [1.82, 2.24) is 0 Å². The molecule has 7 nitrogen and oxygen atoms in total. The number of carboxylic acid groups (broad SMARTS) is 2. The van der Waals surface area contributed by atoms with E-state index in [4.69, 9.17) is 10.5 Å². The fourth-order valence-electron chi connectivity index (χ4n) is 1.71. The van der Waals surface area contributed by atoms with Crippen molar-refractivity contribution in [3.8, 4) is 0 Å². The van der Waals surface area contributed by atoms with Crippen LogP contribution in [0.5, 0.6) is 0 Å². The van der Waals surface area contributed by atoms with Gasteiger partial charge in [0.1, 0.15) is 5.60 Å². The molecular formula is C14H17NO6. The van der Waals surface area contributed by atoms with Gasteiger partial charge in [-0.25, -0.2) is 14.4 Å². The SMILES string of the molecule is CC(C)(C)OC(=O)c1c(C(=O)O)cc(CN)cc1C(=O)O. The second-order valence-corrected chi connectivity index (χ2v) is 5.38. The lowest BCUT2D eigenvalue weighted by Gasteiger charge is -2.21. The molecule has 0 aliphatic rings. The maximum absolute atomic E-state index is 12.1. The lowest BCUT2D eigenvalue weighted by Crippen LogP contribution is -2.27. The van der Waals surface area contributed by atoms with Gasteiger partial charge in [-0.3, -0.25) is 0 Å². The third kappa shape index (κ3) is 4.03. The first-order valence-corrected chi connectivity index (χ1v) is 6.13. The molecule has 0 saturated carbocycles. The highest BCUT2D eigenvalue weighted by molar-refractivity contribution is 6.10. The van der Waals surface area contributed by atoms with Crippen molar-refractivity contribution in [1.29, 1.82) is 0 Å². The van der Waals surface area contributed by atoms with Crippen molar-refractivity contribution in [2.75, 3.05) is 0 Å². The van der Waals surface area contributed by atoms with E-state index in [0.717, 1.165) is 0 Å². The number of hydrogen-bond acceptors (Lipinski definition) is 5. The molecule has 0 heterocycles. The van der Waals surface area contributed by atoms with Crippen LogP contribution >= 0.6 is 0 Å². The summed E-state index contributed by atoms with van der Waals surface area (Å²) >= 11 is 0. The minimum absolute atomic E-state index is 0.0465. The summed E-state index contributed by atoms with van der Waals surface area (Å²) in [4.78, 5) is 34.7. The molecule has 1 aromatic carbocycles. The summed E-state index contributed by atoms with van der Waals surface area (Å²) in [5.41, 5.74) is 3.47. The molecule has 1 aromatic rings. The minimum atomic E-state index is -1.42. The second-order valence-electron chi connectivity index (χ2n) is 5.38. The van der Waals surface area contributed by atoms with Crippen LogP contribution in [-0.2, 0) is 11.3 Å². The second kappa shape index (κ2) is 5.92. The predicted octanol–water partition coefficient (Wildman–Crippen LogP) is 1.50. The van der Waals surface area contributed by atoms with Gasteiger partial charge < -0.3 is 20.7 Å². The van der Waals surface area contributed by atoms with Crippen molar-refractivity contribution in [3.63, 3.8) is 0 Å². The molecule has 0 atom stereocenters. The zero-order valence-electron chi connectivity index (χ0n) is 12.0. The third-order valence-corrected chi connectivity index (χ3v) is 2.50. The number of rotatable bonds is 4. The highest BCUT2D eigenvalue weighted by atomic mass is 16.6. The number of hydrogen-bond donors (Lipinski definition) is 3. The smallest absolute Gasteiger partial charge is 0.340 e. The van der Waals surface area contributed by atoms with Crippen molar-refractivity contribution < 1.29 is 29.3 Å². The highest BCUT2D eigenvalue weighted by Gasteiger charge is 2.29. The predicted molar refractivity (Wildman–Crippen MR) is 73.4 cm³/mol. The quantitative estimate of drug-likeness (QED) is 0.718. The van der Waals surface area contributed by atoms with E-state index in [1.54, 1.807) is 20.8 Å². The van der Waals surface area contributed by atoms with Gasteiger partial charge in [-0.2, -0.15) is 0 Å². The first-order valence-electron chi connectivity index (χ1n) is 6.13. The number of nitrogens with two attached hydrogens (primary N) is 1. The third-order valence-electron chi connectivity index (χ3n) is 2.50. The molecule has 4 N–H and O–H groups in total. The Kier molecular flexibility index (Phi) is 4.69. The van der Waals surface area contributed by atoms with Gasteiger partial charge in [-0.05, 0) is 38.5 Å². The largest absolute Gasteiger partial charge is 0.478 e. The normalized spacial score (nSPS) is 11.0. The van der Waals surface area contributed by atoms with E-state index in [0.29, 0.717) is 5.56 Å². The van der Waals surface area contributed by atoms with Gasteiger partial charge in [-0.1, -0.05) is 0 Å². The first kappa shape index (κ1) is 16.6.